The van der Waals surface area contributed by atoms with Crippen molar-refractivity contribution >= 4 is 17.8 Å². The van der Waals surface area contributed by atoms with Crippen LogP contribution in [0.4, 0.5) is 9.18 Å². The molecule has 2 fully saturated rings. The van der Waals surface area contributed by atoms with Crippen LogP contribution < -0.4 is 15.4 Å². The molecule has 32 heavy (non-hydrogen) atoms. The number of ether oxygens (including phenoxy) is 1. The number of fused-ring (bicyclic) bond motifs is 2. The van der Waals surface area contributed by atoms with Crippen LogP contribution in [-0.2, 0) is 15.1 Å². The van der Waals surface area contributed by atoms with Gasteiger partial charge in [-0.05, 0) is 50.9 Å². The minimum atomic E-state index is -1.54. The van der Waals surface area contributed by atoms with Crippen LogP contribution in [0.15, 0.2) is 18.2 Å². The van der Waals surface area contributed by atoms with E-state index in [1.807, 2.05) is 0 Å². The highest BCUT2D eigenvalue weighted by Crippen LogP contribution is 2.43. The normalized spacial score (nSPS) is 26.1. The Labute approximate surface area is 185 Å². The number of hydrogen-bond acceptors (Lipinski definition) is 6. The van der Waals surface area contributed by atoms with Crippen molar-refractivity contribution in [3.05, 3.63) is 29.6 Å². The maximum atomic E-state index is 14.1. The number of urea groups is 1. The van der Waals surface area contributed by atoms with Crippen molar-refractivity contribution in [3.8, 4) is 5.75 Å². The fourth-order valence-electron chi connectivity index (χ4n) is 4.70. The molecule has 3 N–H and O–H groups in total. The van der Waals surface area contributed by atoms with Crippen LogP contribution >= 0.6 is 0 Å². The van der Waals surface area contributed by atoms with Crippen molar-refractivity contribution < 1.29 is 28.6 Å². The number of rotatable bonds is 6. The number of aliphatic hydroxyl groups excluding tert-OH is 1. The molecular formula is C22H29FN4O5. The van der Waals surface area contributed by atoms with Crippen LogP contribution in [0.1, 0.15) is 38.2 Å². The number of benzene rings is 1. The molecule has 3 aliphatic rings. The molecule has 0 bridgehead atoms. The molecule has 0 aliphatic carbocycles. The molecule has 0 aromatic heterocycles. The van der Waals surface area contributed by atoms with E-state index < -0.39 is 35.3 Å². The van der Waals surface area contributed by atoms with Gasteiger partial charge in [0.2, 0.25) is 0 Å². The Morgan fingerprint density at radius 2 is 2.06 bits per heavy atom. The topological polar surface area (TPSA) is 111 Å². The van der Waals surface area contributed by atoms with Crippen molar-refractivity contribution in [1.82, 2.24) is 20.4 Å². The molecular weight excluding hydrogens is 419 g/mol. The maximum absolute atomic E-state index is 14.1. The van der Waals surface area contributed by atoms with E-state index in [2.05, 4.69) is 15.5 Å². The Balaban J connectivity index is 1.52. The number of nitrogens with zero attached hydrogens (tertiary/aromatic N) is 2. The summed E-state index contributed by atoms with van der Waals surface area (Å²) in [5.41, 5.74) is -1.32. The third-order valence-corrected chi connectivity index (χ3v) is 6.39. The first-order chi connectivity index (χ1) is 15.3. The molecule has 3 aliphatic heterocycles. The Morgan fingerprint density at radius 3 is 2.78 bits per heavy atom. The number of piperidine rings is 1. The highest BCUT2D eigenvalue weighted by molar-refractivity contribution is 6.08. The smallest absolute Gasteiger partial charge is 0.325 e. The Morgan fingerprint density at radius 1 is 1.31 bits per heavy atom. The van der Waals surface area contributed by atoms with Gasteiger partial charge in [-0.2, -0.15) is 0 Å². The van der Waals surface area contributed by atoms with Crippen molar-refractivity contribution in [2.75, 3.05) is 32.7 Å². The summed E-state index contributed by atoms with van der Waals surface area (Å²) in [4.78, 5) is 42.1. The Hall–Kier alpha value is -2.72. The zero-order valence-electron chi connectivity index (χ0n) is 18.1. The lowest BCUT2D eigenvalue weighted by molar-refractivity contribution is -0.136. The molecule has 2 saturated heterocycles. The second-order valence-electron chi connectivity index (χ2n) is 8.56. The zero-order valence-corrected chi connectivity index (χ0v) is 18.1. The summed E-state index contributed by atoms with van der Waals surface area (Å²) in [5.74, 6) is -1.25. The van der Waals surface area contributed by atoms with Gasteiger partial charge in [-0.15, -0.1) is 0 Å². The second kappa shape index (κ2) is 9.03. The van der Waals surface area contributed by atoms with Crippen molar-refractivity contribution in [3.63, 3.8) is 0 Å². The number of halogens is 1. The van der Waals surface area contributed by atoms with Crippen molar-refractivity contribution in [1.29, 1.82) is 0 Å². The predicted molar refractivity (Wildman–Crippen MR) is 112 cm³/mol. The number of likely N-dealkylation sites (tertiary alicyclic amines) is 1. The third-order valence-electron chi connectivity index (χ3n) is 6.39. The number of imide groups is 1. The van der Waals surface area contributed by atoms with Gasteiger partial charge in [0.25, 0.3) is 11.8 Å². The number of carbonyl (C=O) groups is 3. The maximum Gasteiger partial charge on any atom is 0.325 e. The minimum Gasteiger partial charge on any atom is -0.480 e. The Bertz CT molecular complexity index is 904. The summed E-state index contributed by atoms with van der Waals surface area (Å²) in [6.07, 6.45) is 0.657. The summed E-state index contributed by atoms with van der Waals surface area (Å²) in [6, 6.07) is 3.20. The highest BCUT2D eigenvalue weighted by Gasteiger charge is 2.57. The van der Waals surface area contributed by atoms with Gasteiger partial charge in [-0.1, -0.05) is 0 Å². The molecule has 4 rings (SSSR count). The van der Waals surface area contributed by atoms with Gasteiger partial charge < -0.3 is 25.4 Å². The standard InChI is InChI=1S/C22H29FN4O5/c1-2-24-19(29)18-13-22(16-12-14(23)4-5-17(16)32-18)20(30)27(21(31)25-22)9-3-8-26-10-6-15(28)7-11-26/h4-5,12,15,18,28H,2-3,6-11,13H2,1H3,(H,24,29)(H,25,31)/t18-,22-/m0/s1. The average Bonchev–Trinajstić information content (AvgIpc) is 3.00. The summed E-state index contributed by atoms with van der Waals surface area (Å²) in [5, 5.41) is 15.0. The van der Waals surface area contributed by atoms with Gasteiger partial charge in [0, 0.05) is 38.2 Å². The molecule has 3 heterocycles. The monoisotopic (exact) mass is 448 g/mol. The molecule has 0 radical (unpaired) electrons. The lowest BCUT2D eigenvalue weighted by Gasteiger charge is -2.37. The molecule has 1 aromatic carbocycles. The van der Waals surface area contributed by atoms with Gasteiger partial charge in [0.05, 0.1) is 6.10 Å². The zero-order chi connectivity index (χ0) is 22.9. The van der Waals surface area contributed by atoms with E-state index in [1.54, 1.807) is 6.92 Å². The SMILES string of the molecule is CCNC(=O)[C@@H]1C[C@]2(NC(=O)N(CCCN3CCC(O)CC3)C2=O)c2cc(F)ccc2O1. The molecule has 4 amide bonds. The predicted octanol–water partition coefficient (Wildman–Crippen LogP) is 0.707. The lowest BCUT2D eigenvalue weighted by Crippen LogP contribution is -2.54. The molecule has 2 atom stereocenters. The highest BCUT2D eigenvalue weighted by atomic mass is 19.1. The minimum absolute atomic E-state index is 0.111. The fourth-order valence-corrected chi connectivity index (χ4v) is 4.70. The fraction of sp³-hybridized carbons (Fsp3) is 0.591. The first-order valence-corrected chi connectivity index (χ1v) is 11.1. The molecule has 0 saturated carbocycles. The summed E-state index contributed by atoms with van der Waals surface area (Å²) in [7, 11) is 0. The van der Waals surface area contributed by atoms with E-state index in [0.717, 1.165) is 30.8 Å². The van der Waals surface area contributed by atoms with Gasteiger partial charge in [0.1, 0.15) is 11.6 Å². The molecule has 9 nitrogen and oxygen atoms in total. The van der Waals surface area contributed by atoms with E-state index >= 15 is 0 Å². The first-order valence-electron chi connectivity index (χ1n) is 11.1. The summed E-state index contributed by atoms with van der Waals surface area (Å²) in [6.45, 7) is 4.64. The number of carbonyl (C=O) groups excluding carboxylic acids is 3. The van der Waals surface area contributed by atoms with Gasteiger partial charge >= 0.3 is 6.03 Å². The third kappa shape index (κ3) is 4.16. The molecule has 1 aromatic rings. The van der Waals surface area contributed by atoms with Crippen LogP contribution in [0.25, 0.3) is 0 Å². The average molecular weight is 448 g/mol. The first kappa shape index (κ1) is 22.5. The van der Waals surface area contributed by atoms with E-state index in [1.165, 1.54) is 18.2 Å². The van der Waals surface area contributed by atoms with Crippen molar-refractivity contribution in [2.24, 2.45) is 0 Å². The number of aliphatic hydroxyl groups is 1. The molecule has 1 spiro atoms. The summed E-state index contributed by atoms with van der Waals surface area (Å²) < 4.78 is 19.8. The number of hydrogen-bond donors (Lipinski definition) is 3. The van der Waals surface area contributed by atoms with Gasteiger partial charge in [0.15, 0.2) is 11.6 Å². The van der Waals surface area contributed by atoms with E-state index in [4.69, 9.17) is 4.74 Å². The van der Waals surface area contributed by atoms with Crippen molar-refractivity contribution in [2.45, 2.75) is 50.4 Å². The van der Waals surface area contributed by atoms with Gasteiger partial charge in [-0.25, -0.2) is 9.18 Å². The molecule has 0 unspecified atom stereocenters. The number of likely N-dealkylation sites (N-methyl/N-ethyl adjacent to an activating group) is 1. The van der Waals surface area contributed by atoms with E-state index in [9.17, 15) is 23.9 Å². The van der Waals surface area contributed by atoms with Gasteiger partial charge in [-0.3, -0.25) is 14.5 Å². The van der Waals surface area contributed by atoms with E-state index in [-0.39, 0.29) is 30.4 Å². The lowest BCUT2D eigenvalue weighted by atomic mass is 9.81. The van der Waals surface area contributed by atoms with Crippen LogP contribution in [-0.4, -0.2) is 77.7 Å². The van der Waals surface area contributed by atoms with Crippen LogP contribution in [0.2, 0.25) is 0 Å². The van der Waals surface area contributed by atoms with Crippen LogP contribution in [0.5, 0.6) is 5.75 Å². The van der Waals surface area contributed by atoms with Crippen LogP contribution in [0.3, 0.4) is 0 Å². The summed E-state index contributed by atoms with van der Waals surface area (Å²) >= 11 is 0. The Kier molecular flexibility index (Phi) is 6.34. The number of nitrogens with one attached hydrogen (secondary N) is 2. The number of amides is 4. The van der Waals surface area contributed by atoms with E-state index in [0.29, 0.717) is 19.5 Å². The quantitative estimate of drug-likeness (QED) is 0.553. The van der Waals surface area contributed by atoms with Crippen LogP contribution in [0, 0.1) is 5.82 Å². The molecule has 10 heteroatoms. The second-order valence-corrected chi connectivity index (χ2v) is 8.56. The molecule has 174 valence electrons. The largest absolute Gasteiger partial charge is 0.480 e.